The van der Waals surface area contributed by atoms with Gasteiger partial charge >= 0.3 is 9.24 Å². The molecule has 0 aliphatic carbocycles. The molecule has 0 fully saturated rings. The molecular weight excluding hydrogens is 501 g/mol. The number of amides is 1. The van der Waals surface area contributed by atoms with E-state index < -0.39 is 26.5 Å². The number of nitrogens with one attached hydrogen (secondary N) is 2. The summed E-state index contributed by atoms with van der Waals surface area (Å²) in [7, 11) is 0.828. The van der Waals surface area contributed by atoms with Gasteiger partial charge in [0.25, 0.3) is 11.5 Å². The van der Waals surface area contributed by atoms with E-state index in [-0.39, 0.29) is 41.3 Å². The van der Waals surface area contributed by atoms with Gasteiger partial charge in [0, 0.05) is 28.0 Å². The minimum absolute atomic E-state index is 0.0736. The summed E-state index contributed by atoms with van der Waals surface area (Å²) in [5.41, 5.74) is 0.0487. The third-order valence-electron chi connectivity index (χ3n) is 5.54. The molecule has 35 heavy (non-hydrogen) atoms. The number of ether oxygens (including phenoxy) is 2. The van der Waals surface area contributed by atoms with E-state index in [9.17, 15) is 22.4 Å². The van der Waals surface area contributed by atoms with Crippen molar-refractivity contribution < 1.29 is 27.1 Å². The molecule has 0 radical (unpaired) electrons. The number of aromatic nitrogens is 2. The lowest BCUT2D eigenvalue weighted by molar-refractivity contribution is 0.0974. The van der Waals surface area contributed by atoms with Gasteiger partial charge in [-0.1, -0.05) is 18.2 Å². The first-order valence-corrected chi connectivity index (χ1v) is 12.7. The Morgan fingerprint density at radius 3 is 2.63 bits per heavy atom. The summed E-state index contributed by atoms with van der Waals surface area (Å²) in [6, 6.07) is 12.3. The number of halogens is 2. The number of H-pyrrole nitrogens is 1. The molecule has 1 amide bonds. The quantitative estimate of drug-likeness (QED) is 0.392. The van der Waals surface area contributed by atoms with Crippen molar-refractivity contribution >= 4 is 36.7 Å². The molecule has 9 nitrogen and oxygen atoms in total. The van der Waals surface area contributed by atoms with Gasteiger partial charge in [-0.2, -0.15) is 8.42 Å². The first-order chi connectivity index (χ1) is 16.7. The van der Waals surface area contributed by atoms with Gasteiger partial charge in [0.05, 0.1) is 23.0 Å². The second-order valence-corrected chi connectivity index (χ2v) is 9.97. The fourth-order valence-electron chi connectivity index (χ4n) is 4.18. The van der Waals surface area contributed by atoms with Crippen LogP contribution in [0.15, 0.2) is 59.5 Å². The molecule has 2 aromatic heterocycles. The first kappa shape index (κ1) is 22.9. The Morgan fingerprint density at radius 2 is 1.89 bits per heavy atom. The monoisotopic (exact) mass is 517 g/mol. The van der Waals surface area contributed by atoms with Crippen LogP contribution < -0.4 is 19.8 Å². The van der Waals surface area contributed by atoms with Crippen LogP contribution in [-0.2, 0) is 15.8 Å². The lowest BCUT2D eigenvalue weighted by atomic mass is 10.0. The Bertz CT molecular complexity index is 1650. The molecule has 4 aromatic rings. The summed E-state index contributed by atoms with van der Waals surface area (Å²) < 4.78 is 52.8. The van der Waals surface area contributed by atoms with Crippen molar-refractivity contribution in [2.45, 2.75) is 6.54 Å². The van der Waals surface area contributed by atoms with Crippen molar-refractivity contribution in [2.24, 2.45) is 0 Å². The highest BCUT2D eigenvalue weighted by Gasteiger charge is 2.31. The molecule has 0 atom stereocenters. The minimum atomic E-state index is -4.49. The molecule has 2 aromatic carbocycles. The van der Waals surface area contributed by atoms with Crippen molar-refractivity contribution in [1.29, 1.82) is 0 Å². The molecule has 12 heteroatoms. The second-order valence-electron chi connectivity index (χ2n) is 7.67. The van der Waals surface area contributed by atoms with Crippen LogP contribution in [0.2, 0.25) is 0 Å². The Hall–Kier alpha value is -3.83. The van der Waals surface area contributed by atoms with Crippen molar-refractivity contribution in [3.05, 3.63) is 82.2 Å². The molecular formula is C23H17ClFN3O6S. The first-order valence-electron chi connectivity index (χ1n) is 10.4. The minimum Gasteiger partial charge on any atom is -0.486 e. The average Bonchev–Trinajstić information content (AvgIpc) is 3.14. The van der Waals surface area contributed by atoms with E-state index in [2.05, 4.69) is 4.98 Å². The van der Waals surface area contributed by atoms with Crippen LogP contribution in [0, 0.1) is 5.82 Å². The van der Waals surface area contributed by atoms with Gasteiger partial charge in [-0.3, -0.25) is 9.59 Å². The van der Waals surface area contributed by atoms with Gasteiger partial charge in [0.1, 0.15) is 24.7 Å². The standard InChI is InChI=1S/C23H17ClFN3O6S/c24-35(31,32)27-23(30)20-18(14-5-3-9-26-22(14)29)19-16(7-8-17-21(19)34-11-10-33-17)28(20)12-13-4-1-2-6-15(13)25/h1-9H,10-12H2,(H,26,29)(H,27,30). The predicted molar refractivity (Wildman–Crippen MR) is 127 cm³/mol. The zero-order chi connectivity index (χ0) is 24.7. The summed E-state index contributed by atoms with van der Waals surface area (Å²) in [6.07, 6.45) is 1.42. The molecule has 0 saturated heterocycles. The SMILES string of the molecule is O=C(NS(=O)(=O)Cl)c1c(-c2ccc[nH]c2=O)c2c3c(ccc2n1Cc1ccccc1F)OCCO3. The topological polar surface area (TPSA) is 119 Å². The van der Waals surface area contributed by atoms with Gasteiger partial charge in [0.15, 0.2) is 11.5 Å². The zero-order valence-corrected chi connectivity index (χ0v) is 19.5. The van der Waals surface area contributed by atoms with Gasteiger partial charge in [-0.15, -0.1) is 0 Å². The Balaban J connectivity index is 1.91. The smallest absolute Gasteiger partial charge is 0.321 e. The lowest BCUT2D eigenvalue weighted by Gasteiger charge is -2.19. The third-order valence-corrected chi connectivity index (χ3v) is 6.20. The highest BCUT2D eigenvalue weighted by Crippen LogP contribution is 2.45. The molecule has 1 aliphatic rings. The molecule has 0 spiro atoms. The molecule has 5 rings (SSSR count). The van der Waals surface area contributed by atoms with E-state index in [1.807, 2.05) is 0 Å². The van der Waals surface area contributed by atoms with Crippen LogP contribution >= 0.6 is 10.7 Å². The van der Waals surface area contributed by atoms with E-state index in [4.69, 9.17) is 20.2 Å². The Labute approximate surface area is 202 Å². The van der Waals surface area contributed by atoms with Crippen LogP contribution in [0.1, 0.15) is 16.1 Å². The zero-order valence-electron chi connectivity index (χ0n) is 17.9. The number of fused-ring (bicyclic) bond motifs is 3. The second kappa shape index (κ2) is 8.75. The number of nitrogens with zero attached hydrogens (tertiary/aromatic N) is 1. The maximum Gasteiger partial charge on any atom is 0.321 e. The number of aromatic amines is 1. The molecule has 0 saturated carbocycles. The normalized spacial score (nSPS) is 13.1. The molecule has 3 heterocycles. The summed E-state index contributed by atoms with van der Waals surface area (Å²) in [5, 5.41) is 0.340. The van der Waals surface area contributed by atoms with Crippen LogP contribution in [0.5, 0.6) is 11.5 Å². The predicted octanol–water partition coefficient (Wildman–Crippen LogP) is 3.17. The van der Waals surface area contributed by atoms with Crippen molar-refractivity contribution in [1.82, 2.24) is 14.3 Å². The molecule has 1 aliphatic heterocycles. The van der Waals surface area contributed by atoms with Gasteiger partial charge in [-0.25, -0.2) is 9.11 Å². The van der Waals surface area contributed by atoms with Crippen LogP contribution in [0.4, 0.5) is 4.39 Å². The fraction of sp³-hybridized carbons (Fsp3) is 0.130. The van der Waals surface area contributed by atoms with Gasteiger partial charge in [0.2, 0.25) is 0 Å². The molecule has 0 unspecified atom stereocenters. The highest BCUT2D eigenvalue weighted by molar-refractivity contribution is 8.12. The largest absolute Gasteiger partial charge is 0.486 e. The Morgan fingerprint density at radius 1 is 1.11 bits per heavy atom. The van der Waals surface area contributed by atoms with E-state index in [0.717, 1.165) is 0 Å². The number of carbonyl (C=O) groups is 1. The van der Waals surface area contributed by atoms with Gasteiger partial charge in [-0.05, 0) is 30.3 Å². The van der Waals surface area contributed by atoms with Crippen LogP contribution in [-0.4, -0.2) is 37.1 Å². The van der Waals surface area contributed by atoms with E-state index >= 15 is 0 Å². The fourth-order valence-corrected chi connectivity index (χ4v) is 4.71. The number of hydrogen-bond donors (Lipinski definition) is 2. The van der Waals surface area contributed by atoms with Crippen molar-refractivity contribution in [3.8, 4) is 22.6 Å². The van der Waals surface area contributed by atoms with Gasteiger partial charge < -0.3 is 19.0 Å². The number of hydrogen-bond acceptors (Lipinski definition) is 6. The van der Waals surface area contributed by atoms with Crippen LogP contribution in [0.3, 0.4) is 0 Å². The summed E-state index contributed by atoms with van der Waals surface area (Å²) in [4.78, 5) is 28.7. The molecule has 0 bridgehead atoms. The van der Waals surface area contributed by atoms with Crippen molar-refractivity contribution in [2.75, 3.05) is 13.2 Å². The Kier molecular flexibility index (Phi) is 5.73. The molecule has 180 valence electrons. The maximum absolute atomic E-state index is 14.6. The number of pyridine rings is 1. The lowest BCUT2D eigenvalue weighted by Crippen LogP contribution is -2.29. The van der Waals surface area contributed by atoms with E-state index in [1.54, 1.807) is 29.0 Å². The average molecular weight is 518 g/mol. The highest BCUT2D eigenvalue weighted by atomic mass is 35.7. The van der Waals surface area contributed by atoms with E-state index in [0.29, 0.717) is 23.3 Å². The number of rotatable bonds is 5. The van der Waals surface area contributed by atoms with Crippen LogP contribution in [0.25, 0.3) is 22.0 Å². The number of carbonyl (C=O) groups excluding carboxylic acids is 1. The maximum atomic E-state index is 14.6. The van der Waals surface area contributed by atoms with Crippen molar-refractivity contribution in [3.63, 3.8) is 0 Å². The number of benzene rings is 2. The summed E-state index contributed by atoms with van der Waals surface area (Å²) >= 11 is 0. The summed E-state index contributed by atoms with van der Waals surface area (Å²) in [6.45, 7) is 0.360. The molecule has 2 N–H and O–H groups in total. The van der Waals surface area contributed by atoms with E-state index in [1.165, 1.54) is 35.0 Å². The summed E-state index contributed by atoms with van der Waals surface area (Å²) in [5.74, 6) is -0.960. The third kappa shape index (κ3) is 4.24.